The van der Waals surface area contributed by atoms with Crippen LogP contribution < -0.4 is 9.47 Å². The molecule has 25 heavy (non-hydrogen) atoms. The second-order valence-corrected chi connectivity index (χ2v) is 6.67. The highest BCUT2D eigenvalue weighted by atomic mass is 16.7. The highest BCUT2D eigenvalue weighted by Gasteiger charge is 2.29. The number of amides is 2. The fraction of sp³-hybridized carbons (Fsp3) is 0.474. The molecule has 1 aliphatic carbocycles. The zero-order valence-electron chi connectivity index (χ0n) is 14.1. The van der Waals surface area contributed by atoms with Crippen molar-refractivity contribution < 1.29 is 19.1 Å². The van der Waals surface area contributed by atoms with Crippen molar-refractivity contribution in [2.75, 3.05) is 33.0 Å². The van der Waals surface area contributed by atoms with E-state index in [-0.39, 0.29) is 24.5 Å². The van der Waals surface area contributed by atoms with Crippen LogP contribution in [0.15, 0.2) is 30.4 Å². The lowest BCUT2D eigenvalue weighted by atomic mass is 9.93. The molecule has 6 heteroatoms. The average molecular weight is 342 g/mol. The van der Waals surface area contributed by atoms with Gasteiger partial charge in [-0.15, -0.1) is 0 Å². The number of hydrogen-bond acceptors (Lipinski definition) is 4. The van der Waals surface area contributed by atoms with Crippen molar-refractivity contribution in [1.29, 1.82) is 0 Å². The molecule has 1 atom stereocenters. The molecule has 0 N–H and O–H groups in total. The van der Waals surface area contributed by atoms with Crippen molar-refractivity contribution >= 4 is 11.8 Å². The Morgan fingerprint density at radius 1 is 0.960 bits per heavy atom. The third kappa shape index (κ3) is 3.21. The number of piperazine rings is 1. The van der Waals surface area contributed by atoms with Gasteiger partial charge < -0.3 is 19.3 Å². The molecule has 0 aromatic heterocycles. The molecule has 6 nitrogen and oxygen atoms in total. The summed E-state index contributed by atoms with van der Waals surface area (Å²) < 4.78 is 10.6. The third-order valence-electron chi connectivity index (χ3n) is 5.12. The lowest BCUT2D eigenvalue weighted by Gasteiger charge is -2.36. The van der Waals surface area contributed by atoms with Crippen LogP contribution in [0.2, 0.25) is 0 Å². The van der Waals surface area contributed by atoms with Crippen molar-refractivity contribution in [3.63, 3.8) is 0 Å². The Morgan fingerprint density at radius 2 is 1.72 bits per heavy atom. The zero-order chi connectivity index (χ0) is 17.2. The average Bonchev–Trinajstić information content (AvgIpc) is 3.15. The number of carbonyl (C=O) groups is 2. The van der Waals surface area contributed by atoms with Gasteiger partial charge in [-0.1, -0.05) is 12.2 Å². The summed E-state index contributed by atoms with van der Waals surface area (Å²) in [4.78, 5) is 29.0. The maximum absolute atomic E-state index is 12.7. The van der Waals surface area contributed by atoms with Crippen LogP contribution in [-0.4, -0.2) is 54.6 Å². The molecular weight excluding hydrogens is 320 g/mol. The quantitative estimate of drug-likeness (QED) is 0.772. The Morgan fingerprint density at radius 3 is 2.48 bits per heavy atom. The van der Waals surface area contributed by atoms with Crippen molar-refractivity contribution in [1.82, 2.24) is 9.80 Å². The van der Waals surface area contributed by atoms with E-state index >= 15 is 0 Å². The molecule has 1 fully saturated rings. The monoisotopic (exact) mass is 342 g/mol. The zero-order valence-corrected chi connectivity index (χ0v) is 14.1. The van der Waals surface area contributed by atoms with E-state index in [9.17, 15) is 9.59 Å². The fourth-order valence-corrected chi connectivity index (χ4v) is 3.62. The first-order valence-electron chi connectivity index (χ1n) is 8.85. The van der Waals surface area contributed by atoms with Gasteiger partial charge in [-0.05, 0) is 37.5 Å². The van der Waals surface area contributed by atoms with Gasteiger partial charge in [0.15, 0.2) is 11.5 Å². The highest BCUT2D eigenvalue weighted by Crippen LogP contribution is 2.33. The lowest BCUT2D eigenvalue weighted by molar-refractivity contribution is -0.137. The molecule has 1 unspecified atom stereocenters. The molecule has 0 spiro atoms. The molecule has 2 heterocycles. The van der Waals surface area contributed by atoms with E-state index in [2.05, 4.69) is 12.2 Å². The number of ether oxygens (including phenoxy) is 2. The molecule has 2 aliphatic heterocycles. The third-order valence-corrected chi connectivity index (χ3v) is 5.12. The summed E-state index contributed by atoms with van der Waals surface area (Å²) in [5.41, 5.74) is 0.599. The van der Waals surface area contributed by atoms with Crippen LogP contribution >= 0.6 is 0 Å². The SMILES string of the molecule is O=C(c1ccc2c(c1)OCO2)N1CCN(C(=O)C2CC=CCC2)CC1. The van der Waals surface area contributed by atoms with Gasteiger partial charge in [0.05, 0.1) is 0 Å². The Bertz CT molecular complexity index is 707. The van der Waals surface area contributed by atoms with E-state index in [1.165, 1.54) is 0 Å². The largest absolute Gasteiger partial charge is 0.454 e. The molecule has 3 aliphatic rings. The summed E-state index contributed by atoms with van der Waals surface area (Å²) in [6.45, 7) is 2.55. The molecule has 132 valence electrons. The summed E-state index contributed by atoms with van der Waals surface area (Å²) in [6.07, 6.45) is 7.01. The first-order valence-corrected chi connectivity index (χ1v) is 8.85. The fourth-order valence-electron chi connectivity index (χ4n) is 3.62. The predicted octanol–water partition coefficient (Wildman–Crippen LogP) is 2.06. The second-order valence-electron chi connectivity index (χ2n) is 6.67. The molecule has 1 aromatic carbocycles. The molecule has 0 bridgehead atoms. The van der Waals surface area contributed by atoms with Crippen molar-refractivity contribution in [2.45, 2.75) is 19.3 Å². The van der Waals surface area contributed by atoms with E-state index in [1.54, 1.807) is 18.2 Å². The summed E-state index contributed by atoms with van der Waals surface area (Å²) in [6, 6.07) is 5.27. The first kappa shape index (κ1) is 16.0. The smallest absolute Gasteiger partial charge is 0.254 e. The Hall–Kier alpha value is -2.50. The number of rotatable bonds is 2. The number of nitrogens with zero attached hydrogens (tertiary/aromatic N) is 2. The van der Waals surface area contributed by atoms with Gasteiger partial charge in [0.25, 0.3) is 5.91 Å². The van der Waals surface area contributed by atoms with Gasteiger partial charge in [-0.25, -0.2) is 0 Å². The molecular formula is C19H22N2O4. The van der Waals surface area contributed by atoms with Gasteiger partial charge in [-0.3, -0.25) is 9.59 Å². The topological polar surface area (TPSA) is 59.1 Å². The summed E-state index contributed by atoms with van der Waals surface area (Å²) in [5.74, 6) is 1.62. The van der Waals surface area contributed by atoms with E-state index < -0.39 is 0 Å². The van der Waals surface area contributed by atoms with Crippen molar-refractivity contribution in [3.05, 3.63) is 35.9 Å². The Balaban J connectivity index is 1.36. The van der Waals surface area contributed by atoms with E-state index in [0.717, 1.165) is 19.3 Å². The standard InChI is InChI=1S/C19H22N2O4/c22-18(14-4-2-1-3-5-14)20-8-10-21(11-9-20)19(23)15-6-7-16-17(12-15)25-13-24-16/h1-2,6-7,12,14H,3-5,8-11,13H2. The lowest BCUT2D eigenvalue weighted by Crippen LogP contribution is -2.52. The van der Waals surface area contributed by atoms with Gasteiger partial charge in [0, 0.05) is 37.7 Å². The van der Waals surface area contributed by atoms with Crippen LogP contribution in [0.1, 0.15) is 29.6 Å². The Labute approximate surface area is 147 Å². The van der Waals surface area contributed by atoms with Gasteiger partial charge in [0.1, 0.15) is 0 Å². The van der Waals surface area contributed by atoms with E-state index in [1.807, 2.05) is 9.80 Å². The number of allylic oxidation sites excluding steroid dienone is 2. The normalized spacial score (nSPS) is 22.2. The molecule has 1 saturated heterocycles. The summed E-state index contributed by atoms with van der Waals surface area (Å²) >= 11 is 0. The minimum atomic E-state index is -0.0222. The first-order chi connectivity index (χ1) is 12.2. The van der Waals surface area contributed by atoms with Crippen molar-refractivity contribution in [2.24, 2.45) is 5.92 Å². The van der Waals surface area contributed by atoms with Crippen molar-refractivity contribution in [3.8, 4) is 11.5 Å². The van der Waals surface area contributed by atoms with Gasteiger partial charge >= 0.3 is 0 Å². The minimum Gasteiger partial charge on any atom is -0.454 e. The second kappa shape index (κ2) is 6.78. The highest BCUT2D eigenvalue weighted by molar-refractivity contribution is 5.95. The van der Waals surface area contributed by atoms with Crippen LogP contribution in [0.5, 0.6) is 11.5 Å². The van der Waals surface area contributed by atoms with Crippen LogP contribution in [0.3, 0.4) is 0 Å². The maximum atomic E-state index is 12.7. The molecule has 4 rings (SSSR count). The number of hydrogen-bond donors (Lipinski definition) is 0. The predicted molar refractivity (Wildman–Crippen MR) is 91.5 cm³/mol. The maximum Gasteiger partial charge on any atom is 0.254 e. The van der Waals surface area contributed by atoms with Gasteiger partial charge in [0.2, 0.25) is 12.7 Å². The molecule has 0 radical (unpaired) electrons. The number of fused-ring (bicyclic) bond motifs is 1. The minimum absolute atomic E-state index is 0.0222. The number of carbonyl (C=O) groups excluding carboxylic acids is 2. The molecule has 0 saturated carbocycles. The summed E-state index contributed by atoms with van der Waals surface area (Å²) in [5, 5.41) is 0. The van der Waals surface area contributed by atoms with Crippen LogP contribution in [-0.2, 0) is 4.79 Å². The van der Waals surface area contributed by atoms with Crippen LogP contribution in [0.25, 0.3) is 0 Å². The Kier molecular flexibility index (Phi) is 4.34. The molecule has 1 aromatic rings. The van der Waals surface area contributed by atoms with Crippen LogP contribution in [0.4, 0.5) is 0 Å². The van der Waals surface area contributed by atoms with E-state index in [0.29, 0.717) is 43.2 Å². The van der Waals surface area contributed by atoms with Gasteiger partial charge in [-0.2, -0.15) is 0 Å². The summed E-state index contributed by atoms with van der Waals surface area (Å²) in [7, 11) is 0. The van der Waals surface area contributed by atoms with Crippen LogP contribution in [0, 0.1) is 5.92 Å². The van der Waals surface area contributed by atoms with E-state index in [4.69, 9.17) is 9.47 Å². The number of benzene rings is 1. The molecule has 2 amide bonds.